The molecule has 1 heteroatoms. The Balaban J connectivity index is 2.24. The maximum atomic E-state index is 12.2. The third-order valence-electron chi connectivity index (χ3n) is 3.82. The molecule has 2 atom stereocenters. The molecule has 0 spiro atoms. The zero-order valence-corrected chi connectivity index (χ0v) is 9.03. The number of carbonyl (C=O) groups excluding carboxylic acids is 1. The van der Waals surface area contributed by atoms with Gasteiger partial charge in [0.1, 0.15) is 0 Å². The molecule has 0 saturated heterocycles. The lowest BCUT2D eigenvalue weighted by atomic mass is 9.75. The fourth-order valence-corrected chi connectivity index (χ4v) is 2.96. The minimum atomic E-state index is -0.300. The molecular weight excluding hydrogens is 184 g/mol. The maximum Gasteiger partial charge on any atom is 0.169 e. The quantitative estimate of drug-likeness (QED) is 0.585. The molecule has 2 unspecified atom stereocenters. The van der Waals surface area contributed by atoms with E-state index in [9.17, 15) is 4.79 Å². The zero-order chi connectivity index (χ0) is 10.6. The minimum absolute atomic E-state index is 0.300. The first-order valence-electron chi connectivity index (χ1n) is 5.44. The summed E-state index contributed by atoms with van der Waals surface area (Å²) in [4.78, 5) is 12.2. The van der Waals surface area contributed by atoms with Gasteiger partial charge in [0, 0.05) is 22.8 Å². The highest BCUT2D eigenvalue weighted by molar-refractivity contribution is 6.07. The molecule has 0 aromatic rings. The van der Waals surface area contributed by atoms with Crippen molar-refractivity contribution < 1.29 is 4.79 Å². The van der Waals surface area contributed by atoms with Crippen LogP contribution in [0.1, 0.15) is 13.8 Å². The Kier molecular flexibility index (Phi) is 1.54. The van der Waals surface area contributed by atoms with Gasteiger partial charge in [-0.2, -0.15) is 0 Å². The smallest absolute Gasteiger partial charge is 0.169 e. The molecule has 1 fully saturated rings. The van der Waals surface area contributed by atoms with Crippen LogP contribution in [0.3, 0.4) is 0 Å². The standard InChI is InChI=1S/C14H14O/c1-14(2)11-8-4-6-9-5-3-7-10(12(9)11)13(14)15/h3-9,12H,1-2H3. The number of carbonyl (C=O) groups is 1. The molecule has 0 heterocycles. The Morgan fingerprint density at radius 1 is 1.13 bits per heavy atom. The molecule has 3 aliphatic carbocycles. The second kappa shape index (κ2) is 2.60. The van der Waals surface area contributed by atoms with Crippen molar-refractivity contribution in [3.05, 3.63) is 47.6 Å². The van der Waals surface area contributed by atoms with Crippen LogP contribution in [0.5, 0.6) is 0 Å². The Labute approximate surface area is 89.9 Å². The van der Waals surface area contributed by atoms with Crippen LogP contribution in [0.25, 0.3) is 0 Å². The summed E-state index contributed by atoms with van der Waals surface area (Å²) in [5, 5.41) is 0. The summed E-state index contributed by atoms with van der Waals surface area (Å²) in [6.07, 6.45) is 12.6. The van der Waals surface area contributed by atoms with Crippen molar-refractivity contribution in [3.63, 3.8) is 0 Å². The number of ketones is 1. The second-order valence-corrected chi connectivity index (χ2v) is 5.02. The largest absolute Gasteiger partial charge is 0.294 e. The van der Waals surface area contributed by atoms with E-state index in [2.05, 4.69) is 24.3 Å². The summed E-state index contributed by atoms with van der Waals surface area (Å²) < 4.78 is 0. The van der Waals surface area contributed by atoms with Crippen LogP contribution in [0.4, 0.5) is 0 Å². The van der Waals surface area contributed by atoms with Crippen molar-refractivity contribution >= 4 is 5.78 Å². The molecular formula is C14H14O. The second-order valence-electron chi connectivity index (χ2n) is 5.02. The summed E-state index contributed by atoms with van der Waals surface area (Å²) >= 11 is 0. The van der Waals surface area contributed by atoms with Gasteiger partial charge in [-0.1, -0.05) is 36.5 Å². The molecule has 0 aliphatic heterocycles. The number of allylic oxidation sites excluding steroid dienone is 8. The van der Waals surface area contributed by atoms with E-state index in [1.807, 2.05) is 26.0 Å². The Bertz CT molecular complexity index is 458. The SMILES string of the molecule is CC1(C)C(=O)C2=CC=CC3C=CC=C1C23. The highest BCUT2D eigenvalue weighted by Crippen LogP contribution is 2.52. The summed E-state index contributed by atoms with van der Waals surface area (Å²) in [5.41, 5.74) is 1.99. The zero-order valence-electron chi connectivity index (χ0n) is 9.03. The van der Waals surface area contributed by atoms with Gasteiger partial charge in [-0.3, -0.25) is 4.79 Å². The van der Waals surface area contributed by atoms with Gasteiger partial charge in [-0.25, -0.2) is 0 Å². The van der Waals surface area contributed by atoms with E-state index in [0.717, 1.165) is 5.57 Å². The van der Waals surface area contributed by atoms with E-state index in [0.29, 0.717) is 17.6 Å². The molecule has 76 valence electrons. The summed E-state index contributed by atoms with van der Waals surface area (Å²) in [7, 11) is 0. The number of rotatable bonds is 0. The average Bonchev–Trinajstić information content (AvgIpc) is 2.43. The molecule has 15 heavy (non-hydrogen) atoms. The lowest BCUT2D eigenvalue weighted by Crippen LogP contribution is -2.20. The van der Waals surface area contributed by atoms with Crippen molar-refractivity contribution in [2.75, 3.05) is 0 Å². The fraction of sp³-hybridized carbons (Fsp3) is 0.357. The van der Waals surface area contributed by atoms with Crippen molar-refractivity contribution in [1.82, 2.24) is 0 Å². The lowest BCUT2D eigenvalue weighted by Gasteiger charge is -2.27. The number of Topliss-reactive ketones (excluding diaryl/α,β-unsaturated/α-hetero) is 1. The third-order valence-corrected chi connectivity index (χ3v) is 3.82. The Morgan fingerprint density at radius 3 is 2.53 bits per heavy atom. The monoisotopic (exact) mass is 198 g/mol. The molecule has 0 radical (unpaired) electrons. The van der Waals surface area contributed by atoms with Gasteiger partial charge >= 0.3 is 0 Å². The lowest BCUT2D eigenvalue weighted by molar-refractivity contribution is -0.120. The van der Waals surface area contributed by atoms with Gasteiger partial charge in [0.25, 0.3) is 0 Å². The molecule has 0 amide bonds. The maximum absolute atomic E-state index is 12.2. The van der Waals surface area contributed by atoms with Crippen molar-refractivity contribution in [2.45, 2.75) is 13.8 Å². The van der Waals surface area contributed by atoms with Crippen LogP contribution in [-0.2, 0) is 4.79 Å². The van der Waals surface area contributed by atoms with E-state index in [-0.39, 0.29) is 5.41 Å². The van der Waals surface area contributed by atoms with Gasteiger partial charge in [-0.15, -0.1) is 0 Å². The minimum Gasteiger partial charge on any atom is -0.294 e. The number of hydrogen-bond acceptors (Lipinski definition) is 1. The summed E-state index contributed by atoms with van der Waals surface area (Å²) in [6.45, 7) is 4.08. The van der Waals surface area contributed by atoms with Gasteiger partial charge in [-0.05, 0) is 19.4 Å². The molecule has 0 N–H and O–H groups in total. The van der Waals surface area contributed by atoms with Crippen LogP contribution < -0.4 is 0 Å². The highest BCUT2D eigenvalue weighted by Gasteiger charge is 2.50. The van der Waals surface area contributed by atoms with Crippen molar-refractivity contribution in [3.8, 4) is 0 Å². The fourth-order valence-electron chi connectivity index (χ4n) is 2.96. The average molecular weight is 198 g/mol. The third kappa shape index (κ3) is 0.956. The van der Waals surface area contributed by atoms with E-state index in [4.69, 9.17) is 0 Å². The molecule has 3 aliphatic rings. The predicted octanol–water partition coefficient (Wildman–Crippen LogP) is 2.82. The van der Waals surface area contributed by atoms with E-state index < -0.39 is 0 Å². The summed E-state index contributed by atoms with van der Waals surface area (Å²) in [5.74, 6) is 1.02. The molecule has 1 saturated carbocycles. The predicted molar refractivity (Wildman–Crippen MR) is 60.2 cm³/mol. The van der Waals surface area contributed by atoms with Gasteiger partial charge < -0.3 is 0 Å². The molecule has 3 rings (SSSR count). The highest BCUT2D eigenvalue weighted by atomic mass is 16.1. The Morgan fingerprint density at radius 2 is 1.80 bits per heavy atom. The van der Waals surface area contributed by atoms with Crippen LogP contribution in [0.15, 0.2) is 47.6 Å². The first-order valence-corrected chi connectivity index (χ1v) is 5.44. The molecule has 0 aromatic heterocycles. The normalized spacial score (nSPS) is 34.9. The summed E-state index contributed by atoms with van der Waals surface area (Å²) in [6, 6.07) is 0. The van der Waals surface area contributed by atoms with E-state index >= 15 is 0 Å². The van der Waals surface area contributed by atoms with Crippen LogP contribution >= 0.6 is 0 Å². The van der Waals surface area contributed by atoms with E-state index in [1.54, 1.807) is 0 Å². The molecule has 0 bridgehead atoms. The van der Waals surface area contributed by atoms with Gasteiger partial charge in [0.2, 0.25) is 0 Å². The molecule has 0 aromatic carbocycles. The van der Waals surface area contributed by atoms with Gasteiger partial charge in [0.15, 0.2) is 5.78 Å². The van der Waals surface area contributed by atoms with Crippen molar-refractivity contribution in [1.29, 1.82) is 0 Å². The van der Waals surface area contributed by atoms with Crippen LogP contribution in [-0.4, -0.2) is 5.78 Å². The van der Waals surface area contributed by atoms with Gasteiger partial charge in [0.05, 0.1) is 0 Å². The van der Waals surface area contributed by atoms with Crippen molar-refractivity contribution in [2.24, 2.45) is 17.3 Å². The number of hydrogen-bond donors (Lipinski definition) is 0. The van der Waals surface area contributed by atoms with Crippen LogP contribution in [0, 0.1) is 17.3 Å². The van der Waals surface area contributed by atoms with Crippen LogP contribution in [0.2, 0.25) is 0 Å². The first-order chi connectivity index (χ1) is 7.12. The topological polar surface area (TPSA) is 17.1 Å². The Hall–Kier alpha value is -1.37. The first kappa shape index (κ1) is 8.90. The molecule has 1 nitrogen and oxygen atoms in total. The van der Waals surface area contributed by atoms with E-state index in [1.165, 1.54) is 5.57 Å².